The Balaban J connectivity index is 1.95. The number of halogens is 3. The van der Waals surface area contributed by atoms with Gasteiger partial charge in [-0.2, -0.15) is 0 Å². The van der Waals surface area contributed by atoms with E-state index in [0.717, 1.165) is 14.5 Å². The van der Waals surface area contributed by atoms with Crippen molar-refractivity contribution in [3.8, 4) is 0 Å². The van der Waals surface area contributed by atoms with Gasteiger partial charge in [-0.05, 0) is 56.1 Å². The fourth-order valence-corrected chi connectivity index (χ4v) is 2.73. The van der Waals surface area contributed by atoms with Crippen molar-refractivity contribution in [2.75, 3.05) is 0 Å². The van der Waals surface area contributed by atoms with Gasteiger partial charge in [0.1, 0.15) is 5.76 Å². The van der Waals surface area contributed by atoms with Crippen LogP contribution in [0.4, 0.5) is 0 Å². The Bertz CT molecular complexity index is 773. The number of nitrogens with zero attached hydrogens (tertiary/aromatic N) is 1. The molecule has 0 aliphatic carbocycles. The minimum atomic E-state index is -0.506. The van der Waals surface area contributed by atoms with Crippen LogP contribution in [0.2, 0.25) is 0 Å². The van der Waals surface area contributed by atoms with Crippen LogP contribution in [0.25, 0.3) is 6.08 Å². The third-order valence-electron chi connectivity index (χ3n) is 2.64. The van der Waals surface area contributed by atoms with Crippen LogP contribution >= 0.6 is 47.8 Å². The molecule has 2 heterocycles. The van der Waals surface area contributed by atoms with Gasteiger partial charge in [0, 0.05) is 16.1 Å². The molecule has 0 fully saturated rings. The molecule has 0 radical (unpaired) electrons. The molecule has 0 atom stereocenters. The Morgan fingerprint density at radius 1 is 1.14 bits per heavy atom. The van der Waals surface area contributed by atoms with Crippen molar-refractivity contribution < 1.29 is 13.9 Å². The number of carbonyl (C=O) groups is 1. The Kier molecular flexibility index (Phi) is 4.14. The summed E-state index contributed by atoms with van der Waals surface area (Å²) in [5, 5.41) is 0. The van der Waals surface area contributed by atoms with Gasteiger partial charge in [-0.25, -0.2) is 9.79 Å². The highest BCUT2D eigenvalue weighted by molar-refractivity contribution is 9.13. The summed E-state index contributed by atoms with van der Waals surface area (Å²) in [6, 6.07) is 9.11. The molecule has 4 nitrogen and oxygen atoms in total. The molecule has 3 rings (SSSR count). The molecule has 1 aromatic heterocycles. The molecule has 1 aromatic carbocycles. The van der Waals surface area contributed by atoms with E-state index in [4.69, 9.17) is 9.15 Å². The standard InChI is InChI=1S/C14H6Br3NO3/c15-8-3-1-2-7(4-8)13-18-11(14(19)21-13)6-9-5-10(16)12(17)20-9/h1-6H/b11-6-. The van der Waals surface area contributed by atoms with Gasteiger partial charge in [0.2, 0.25) is 5.90 Å². The van der Waals surface area contributed by atoms with E-state index >= 15 is 0 Å². The van der Waals surface area contributed by atoms with E-state index in [-0.39, 0.29) is 11.6 Å². The van der Waals surface area contributed by atoms with Gasteiger partial charge in [-0.15, -0.1) is 0 Å². The van der Waals surface area contributed by atoms with E-state index in [0.29, 0.717) is 10.4 Å². The molecule has 0 spiro atoms. The highest BCUT2D eigenvalue weighted by Crippen LogP contribution is 2.29. The normalized spacial score (nSPS) is 16.2. The van der Waals surface area contributed by atoms with Crippen molar-refractivity contribution in [3.05, 3.63) is 61.0 Å². The van der Waals surface area contributed by atoms with Crippen LogP contribution in [0, 0.1) is 0 Å². The summed E-state index contributed by atoms with van der Waals surface area (Å²) >= 11 is 9.92. The molecule has 0 saturated heterocycles. The van der Waals surface area contributed by atoms with Gasteiger partial charge in [0.05, 0.1) is 4.47 Å². The Morgan fingerprint density at radius 2 is 1.95 bits per heavy atom. The van der Waals surface area contributed by atoms with Gasteiger partial charge in [0.25, 0.3) is 0 Å². The molecule has 0 unspecified atom stereocenters. The topological polar surface area (TPSA) is 51.8 Å². The lowest BCUT2D eigenvalue weighted by atomic mass is 10.2. The minimum Gasteiger partial charge on any atom is -0.449 e. The number of esters is 1. The van der Waals surface area contributed by atoms with Crippen molar-refractivity contribution >= 4 is 65.7 Å². The van der Waals surface area contributed by atoms with E-state index in [1.807, 2.05) is 24.3 Å². The summed E-state index contributed by atoms with van der Waals surface area (Å²) in [7, 11) is 0. The summed E-state index contributed by atoms with van der Waals surface area (Å²) in [6.07, 6.45) is 1.53. The fourth-order valence-electron chi connectivity index (χ4n) is 1.72. The summed E-state index contributed by atoms with van der Waals surface area (Å²) < 4.78 is 12.8. The quantitative estimate of drug-likeness (QED) is 0.458. The minimum absolute atomic E-state index is 0.193. The van der Waals surface area contributed by atoms with Crippen molar-refractivity contribution in [2.45, 2.75) is 0 Å². The molecule has 1 aliphatic heterocycles. The molecule has 0 bridgehead atoms. The van der Waals surface area contributed by atoms with E-state index in [9.17, 15) is 4.79 Å². The zero-order chi connectivity index (χ0) is 15.0. The van der Waals surface area contributed by atoms with Gasteiger partial charge in [-0.1, -0.05) is 22.0 Å². The fraction of sp³-hybridized carbons (Fsp3) is 0. The smallest absolute Gasteiger partial charge is 0.363 e. The zero-order valence-corrected chi connectivity index (χ0v) is 15.0. The molecule has 0 amide bonds. The first-order chi connectivity index (χ1) is 10.0. The molecular formula is C14H6Br3NO3. The highest BCUT2D eigenvalue weighted by atomic mass is 79.9. The second kappa shape index (κ2) is 5.90. The summed E-state index contributed by atoms with van der Waals surface area (Å²) in [6.45, 7) is 0. The average Bonchev–Trinajstić information content (AvgIpc) is 2.94. The summed E-state index contributed by atoms with van der Waals surface area (Å²) in [5.41, 5.74) is 0.918. The van der Waals surface area contributed by atoms with Crippen LogP contribution in [-0.2, 0) is 9.53 Å². The number of carbonyl (C=O) groups excluding carboxylic acids is 1. The SMILES string of the molecule is O=C1OC(c2cccc(Br)c2)=N/C1=C\c1cc(Br)c(Br)o1. The Morgan fingerprint density at radius 3 is 2.62 bits per heavy atom. The molecule has 0 saturated carbocycles. The van der Waals surface area contributed by atoms with E-state index in [1.165, 1.54) is 6.08 Å². The predicted molar refractivity (Wildman–Crippen MR) is 88.9 cm³/mol. The molecular weight excluding hydrogens is 470 g/mol. The molecule has 0 N–H and O–H groups in total. The number of aliphatic imine (C=N–C) groups is 1. The monoisotopic (exact) mass is 473 g/mol. The first-order valence-corrected chi connectivity index (χ1v) is 8.14. The summed E-state index contributed by atoms with van der Waals surface area (Å²) in [5.74, 6) is 0.269. The number of hydrogen-bond acceptors (Lipinski definition) is 4. The number of cyclic esters (lactones) is 1. The molecule has 106 valence electrons. The lowest BCUT2D eigenvalue weighted by Gasteiger charge is -1.99. The second-order valence-electron chi connectivity index (χ2n) is 4.12. The largest absolute Gasteiger partial charge is 0.449 e. The van der Waals surface area contributed by atoms with Crippen LogP contribution in [0.3, 0.4) is 0 Å². The third-order valence-corrected chi connectivity index (χ3v) is 4.84. The van der Waals surface area contributed by atoms with Crippen molar-refractivity contribution in [1.82, 2.24) is 0 Å². The maximum Gasteiger partial charge on any atom is 0.363 e. The maximum absolute atomic E-state index is 11.9. The first-order valence-electron chi connectivity index (χ1n) is 5.76. The average molecular weight is 476 g/mol. The van der Waals surface area contributed by atoms with Crippen LogP contribution < -0.4 is 0 Å². The molecule has 2 aromatic rings. The lowest BCUT2D eigenvalue weighted by molar-refractivity contribution is -0.129. The van der Waals surface area contributed by atoms with Gasteiger partial charge < -0.3 is 9.15 Å². The number of ether oxygens (including phenoxy) is 1. The van der Waals surface area contributed by atoms with Crippen LogP contribution in [0.5, 0.6) is 0 Å². The number of rotatable bonds is 2. The van der Waals surface area contributed by atoms with Crippen LogP contribution in [0.15, 0.2) is 59.1 Å². The van der Waals surface area contributed by atoms with Crippen molar-refractivity contribution in [3.63, 3.8) is 0 Å². The van der Waals surface area contributed by atoms with Gasteiger partial charge in [-0.3, -0.25) is 0 Å². The lowest BCUT2D eigenvalue weighted by Crippen LogP contribution is -2.05. The van der Waals surface area contributed by atoms with E-state index in [2.05, 4.69) is 52.8 Å². The molecule has 21 heavy (non-hydrogen) atoms. The van der Waals surface area contributed by atoms with E-state index in [1.54, 1.807) is 6.07 Å². The molecule has 7 heteroatoms. The maximum atomic E-state index is 11.9. The van der Waals surface area contributed by atoms with Gasteiger partial charge in [0.15, 0.2) is 10.4 Å². The predicted octanol–water partition coefficient (Wildman–Crippen LogP) is 4.91. The first kappa shape index (κ1) is 14.7. The highest BCUT2D eigenvalue weighted by Gasteiger charge is 2.24. The second-order valence-corrected chi connectivity index (χ2v) is 6.61. The Hall–Kier alpha value is -1.18. The number of furan rings is 1. The van der Waals surface area contributed by atoms with Gasteiger partial charge >= 0.3 is 5.97 Å². The zero-order valence-electron chi connectivity index (χ0n) is 10.3. The van der Waals surface area contributed by atoms with Crippen molar-refractivity contribution in [2.24, 2.45) is 4.99 Å². The van der Waals surface area contributed by atoms with Crippen molar-refractivity contribution in [1.29, 1.82) is 0 Å². The van der Waals surface area contributed by atoms with Crippen LogP contribution in [0.1, 0.15) is 11.3 Å². The summed E-state index contributed by atoms with van der Waals surface area (Å²) in [4.78, 5) is 16.1. The van der Waals surface area contributed by atoms with E-state index < -0.39 is 5.97 Å². The third kappa shape index (κ3) is 3.20. The van der Waals surface area contributed by atoms with Crippen LogP contribution in [-0.4, -0.2) is 11.9 Å². The number of benzene rings is 1. The number of hydrogen-bond donors (Lipinski definition) is 0. The molecule has 1 aliphatic rings. The Labute approximate surface area is 145 Å².